The van der Waals surface area contributed by atoms with Crippen molar-refractivity contribution in [3.63, 3.8) is 0 Å². The van der Waals surface area contributed by atoms with Crippen LogP contribution in [0.4, 0.5) is 0 Å². The summed E-state index contributed by atoms with van der Waals surface area (Å²) in [7, 11) is -3.87. The fraction of sp³-hybridized carbons (Fsp3) is 1.00. The van der Waals surface area contributed by atoms with Gasteiger partial charge in [-0.15, -0.1) is 0 Å². The highest BCUT2D eigenvalue weighted by Crippen LogP contribution is 2.36. The maximum atomic E-state index is 10.4. The number of aliphatic hydroxyl groups is 1. The van der Waals surface area contributed by atoms with Gasteiger partial charge in [0.15, 0.2) is 0 Å². The van der Waals surface area contributed by atoms with E-state index in [0.717, 1.165) is 0 Å². The smallest absolute Gasteiger partial charge is 0.325 e. The Morgan fingerprint density at radius 3 is 2.09 bits per heavy atom. The van der Waals surface area contributed by atoms with Crippen LogP contribution < -0.4 is 0 Å². The van der Waals surface area contributed by atoms with E-state index in [9.17, 15) is 4.57 Å². The minimum absolute atomic E-state index is 0.0531. The number of hydrogen-bond donors (Lipinski definition) is 3. The lowest BCUT2D eigenvalue weighted by atomic mass is 10.0. The molecule has 0 aromatic carbocycles. The standard InChI is InChI=1S/C6H15O4P/c1-5(6(2)7)3-4-11(8,9)10/h5-7H,3-4H2,1-2H3,(H2,8,9,10). The molecule has 0 spiro atoms. The maximum Gasteiger partial charge on any atom is 0.325 e. The summed E-state index contributed by atoms with van der Waals surface area (Å²) in [6.07, 6.45) is -0.275. The summed E-state index contributed by atoms with van der Waals surface area (Å²) in [5, 5.41) is 8.96. The average molecular weight is 182 g/mol. The molecule has 0 aliphatic carbocycles. The number of aliphatic hydroxyl groups excluding tert-OH is 1. The molecule has 3 N–H and O–H groups in total. The molecule has 0 aliphatic rings. The van der Waals surface area contributed by atoms with Gasteiger partial charge in [0.25, 0.3) is 0 Å². The Labute approximate surface area is 66.4 Å². The minimum Gasteiger partial charge on any atom is -0.393 e. The molecule has 2 atom stereocenters. The van der Waals surface area contributed by atoms with Gasteiger partial charge in [0.05, 0.1) is 12.3 Å². The first-order valence-corrected chi connectivity index (χ1v) is 5.35. The van der Waals surface area contributed by atoms with E-state index >= 15 is 0 Å². The van der Waals surface area contributed by atoms with Crippen LogP contribution >= 0.6 is 7.60 Å². The van der Waals surface area contributed by atoms with Gasteiger partial charge >= 0.3 is 7.60 Å². The van der Waals surface area contributed by atoms with Crippen molar-refractivity contribution in [1.82, 2.24) is 0 Å². The molecule has 5 heteroatoms. The van der Waals surface area contributed by atoms with Gasteiger partial charge in [-0.25, -0.2) is 0 Å². The van der Waals surface area contributed by atoms with Gasteiger partial charge < -0.3 is 14.9 Å². The second-order valence-electron chi connectivity index (χ2n) is 2.89. The Balaban J connectivity index is 3.63. The Morgan fingerprint density at radius 1 is 1.36 bits per heavy atom. The van der Waals surface area contributed by atoms with Gasteiger partial charge in [0.1, 0.15) is 0 Å². The molecular formula is C6H15O4P. The zero-order chi connectivity index (χ0) is 9.07. The van der Waals surface area contributed by atoms with Crippen molar-refractivity contribution in [2.75, 3.05) is 6.16 Å². The second-order valence-corrected chi connectivity index (χ2v) is 4.67. The zero-order valence-electron chi connectivity index (χ0n) is 6.77. The second kappa shape index (κ2) is 4.21. The van der Waals surface area contributed by atoms with Gasteiger partial charge in [0.2, 0.25) is 0 Å². The van der Waals surface area contributed by atoms with Crippen LogP contribution in [-0.2, 0) is 4.57 Å². The minimum atomic E-state index is -3.87. The lowest BCUT2D eigenvalue weighted by Gasteiger charge is -2.14. The van der Waals surface area contributed by atoms with E-state index in [0.29, 0.717) is 6.42 Å². The molecule has 2 unspecified atom stereocenters. The van der Waals surface area contributed by atoms with Gasteiger partial charge in [0, 0.05) is 0 Å². The summed E-state index contributed by atoms with van der Waals surface area (Å²) in [6.45, 7) is 3.38. The van der Waals surface area contributed by atoms with E-state index in [2.05, 4.69) is 0 Å². The predicted octanol–water partition coefficient (Wildman–Crippen LogP) is 0.571. The summed E-state index contributed by atoms with van der Waals surface area (Å²) in [5.74, 6) is -0.0531. The van der Waals surface area contributed by atoms with E-state index in [1.54, 1.807) is 13.8 Å². The third-order valence-electron chi connectivity index (χ3n) is 1.70. The van der Waals surface area contributed by atoms with Gasteiger partial charge in [-0.2, -0.15) is 0 Å². The number of hydrogen-bond acceptors (Lipinski definition) is 2. The SMILES string of the molecule is CC(O)C(C)CCP(=O)(O)O. The first-order valence-electron chi connectivity index (χ1n) is 3.55. The lowest BCUT2D eigenvalue weighted by Crippen LogP contribution is -2.14. The highest BCUT2D eigenvalue weighted by molar-refractivity contribution is 7.51. The largest absolute Gasteiger partial charge is 0.393 e. The Kier molecular flexibility index (Phi) is 4.26. The van der Waals surface area contributed by atoms with Crippen LogP contribution in [0.3, 0.4) is 0 Å². The summed E-state index contributed by atoms with van der Waals surface area (Å²) in [6, 6.07) is 0. The van der Waals surface area contributed by atoms with Crippen LogP contribution in [0.15, 0.2) is 0 Å². The molecule has 0 bridgehead atoms. The lowest BCUT2D eigenvalue weighted by molar-refractivity contribution is 0.132. The molecule has 0 heterocycles. The molecule has 0 saturated carbocycles. The van der Waals surface area contributed by atoms with E-state index in [-0.39, 0.29) is 12.1 Å². The normalized spacial score (nSPS) is 17.9. The average Bonchev–Trinajstić information content (AvgIpc) is 1.80. The summed E-state index contributed by atoms with van der Waals surface area (Å²) in [4.78, 5) is 17.0. The van der Waals surface area contributed by atoms with Crippen LogP contribution in [0.2, 0.25) is 0 Å². The highest BCUT2D eigenvalue weighted by Gasteiger charge is 2.16. The quantitative estimate of drug-likeness (QED) is 0.555. The van der Waals surface area contributed by atoms with E-state index < -0.39 is 13.7 Å². The van der Waals surface area contributed by atoms with Crippen LogP contribution in [0, 0.1) is 5.92 Å². The molecule has 0 amide bonds. The monoisotopic (exact) mass is 182 g/mol. The van der Waals surface area contributed by atoms with Gasteiger partial charge in [-0.3, -0.25) is 4.57 Å². The van der Waals surface area contributed by atoms with Crippen molar-refractivity contribution in [3.8, 4) is 0 Å². The Bertz CT molecular complexity index is 151. The van der Waals surface area contributed by atoms with E-state index in [4.69, 9.17) is 14.9 Å². The van der Waals surface area contributed by atoms with Crippen LogP contribution in [0.5, 0.6) is 0 Å². The van der Waals surface area contributed by atoms with Crippen molar-refractivity contribution in [1.29, 1.82) is 0 Å². The topological polar surface area (TPSA) is 77.8 Å². The Morgan fingerprint density at radius 2 is 1.82 bits per heavy atom. The molecule has 11 heavy (non-hydrogen) atoms. The van der Waals surface area contributed by atoms with Crippen molar-refractivity contribution in [2.24, 2.45) is 5.92 Å². The fourth-order valence-electron chi connectivity index (χ4n) is 0.613. The zero-order valence-corrected chi connectivity index (χ0v) is 7.66. The maximum absolute atomic E-state index is 10.4. The number of rotatable bonds is 4. The van der Waals surface area contributed by atoms with Gasteiger partial charge in [-0.1, -0.05) is 6.92 Å². The van der Waals surface area contributed by atoms with Crippen LogP contribution in [0.1, 0.15) is 20.3 Å². The third kappa shape index (κ3) is 6.51. The molecule has 0 fully saturated rings. The Hall–Kier alpha value is 0.110. The van der Waals surface area contributed by atoms with Crippen LogP contribution in [0.25, 0.3) is 0 Å². The van der Waals surface area contributed by atoms with Crippen molar-refractivity contribution >= 4 is 7.60 Å². The molecule has 68 valence electrons. The first kappa shape index (κ1) is 11.1. The highest BCUT2D eigenvalue weighted by atomic mass is 31.2. The van der Waals surface area contributed by atoms with E-state index in [1.807, 2.05) is 0 Å². The molecule has 0 radical (unpaired) electrons. The third-order valence-corrected chi connectivity index (χ3v) is 2.54. The molecule has 0 aromatic heterocycles. The van der Waals surface area contributed by atoms with E-state index in [1.165, 1.54) is 0 Å². The van der Waals surface area contributed by atoms with Crippen molar-refractivity contribution in [3.05, 3.63) is 0 Å². The molecular weight excluding hydrogens is 167 g/mol. The fourth-order valence-corrected chi connectivity index (χ4v) is 1.36. The summed E-state index contributed by atoms with van der Waals surface area (Å²) in [5.41, 5.74) is 0. The van der Waals surface area contributed by atoms with Crippen molar-refractivity contribution < 1.29 is 19.5 Å². The summed E-state index contributed by atoms with van der Waals surface area (Å²) < 4.78 is 10.4. The molecule has 0 saturated heterocycles. The van der Waals surface area contributed by atoms with Crippen LogP contribution in [-0.4, -0.2) is 27.2 Å². The summed E-state index contributed by atoms with van der Waals surface area (Å²) >= 11 is 0. The molecule has 0 rings (SSSR count). The first-order chi connectivity index (χ1) is 4.83. The molecule has 4 nitrogen and oxygen atoms in total. The van der Waals surface area contributed by atoms with Gasteiger partial charge in [-0.05, 0) is 19.3 Å². The molecule has 0 aliphatic heterocycles. The predicted molar refractivity (Wildman–Crippen MR) is 42.4 cm³/mol. The molecule has 0 aromatic rings. The van der Waals surface area contributed by atoms with Crippen molar-refractivity contribution in [2.45, 2.75) is 26.4 Å².